The van der Waals surface area contributed by atoms with Crippen LogP contribution in [0, 0.1) is 0 Å². The normalized spacial score (nSPS) is 11.4. The number of pyridine rings is 1. The van der Waals surface area contributed by atoms with Gasteiger partial charge in [0.05, 0.1) is 5.69 Å². The number of phenolic OH excluding ortho intramolecular Hbond substituents is 1. The van der Waals surface area contributed by atoms with Crippen LogP contribution in [0.4, 0.5) is 10.8 Å². The van der Waals surface area contributed by atoms with Crippen molar-refractivity contribution in [2.45, 2.75) is 4.34 Å². The summed E-state index contributed by atoms with van der Waals surface area (Å²) >= 11 is 2.89. The van der Waals surface area contributed by atoms with Gasteiger partial charge < -0.3 is 5.11 Å². The molecule has 0 saturated heterocycles. The summed E-state index contributed by atoms with van der Waals surface area (Å²) in [5, 5.41) is 27.1. The monoisotopic (exact) mass is 303 g/mol. The predicted octanol–water partition coefficient (Wildman–Crippen LogP) is 3.93. The maximum Gasteiger partial charge on any atom is 0.252 e. The van der Waals surface area contributed by atoms with Crippen molar-refractivity contribution in [3.63, 3.8) is 0 Å². The Balaban J connectivity index is 2.00. The molecule has 20 heavy (non-hydrogen) atoms. The van der Waals surface area contributed by atoms with Gasteiger partial charge in [-0.1, -0.05) is 23.1 Å². The first-order chi connectivity index (χ1) is 9.78. The van der Waals surface area contributed by atoms with E-state index in [2.05, 4.69) is 25.4 Å². The molecule has 0 aliphatic carbocycles. The topological polar surface area (TPSA) is 83.6 Å². The van der Waals surface area contributed by atoms with E-state index in [1.54, 1.807) is 24.4 Å². The molecule has 2 aromatic heterocycles. The van der Waals surface area contributed by atoms with Gasteiger partial charge in [0.1, 0.15) is 11.3 Å². The molecular formula is C12H9N5OS2. The highest BCUT2D eigenvalue weighted by Crippen LogP contribution is 2.32. The summed E-state index contributed by atoms with van der Waals surface area (Å²) in [6.45, 7) is 0. The zero-order valence-corrected chi connectivity index (χ0v) is 12.0. The van der Waals surface area contributed by atoms with Gasteiger partial charge in [0.25, 0.3) is 5.13 Å². The van der Waals surface area contributed by atoms with Crippen molar-refractivity contribution in [2.75, 3.05) is 6.26 Å². The number of rotatable bonds is 3. The minimum absolute atomic E-state index is 0.125. The van der Waals surface area contributed by atoms with Gasteiger partial charge in [0.15, 0.2) is 4.34 Å². The van der Waals surface area contributed by atoms with Gasteiger partial charge in [-0.2, -0.15) is 0 Å². The molecule has 3 aromatic rings. The molecule has 0 unspecified atom stereocenters. The molecule has 0 amide bonds. The van der Waals surface area contributed by atoms with Crippen molar-refractivity contribution in [2.24, 2.45) is 10.2 Å². The molecule has 0 aliphatic heterocycles. The van der Waals surface area contributed by atoms with Crippen molar-refractivity contribution < 1.29 is 5.11 Å². The van der Waals surface area contributed by atoms with E-state index in [0.717, 1.165) is 9.73 Å². The Kier molecular flexibility index (Phi) is 3.57. The molecule has 0 radical (unpaired) electrons. The molecule has 0 saturated carbocycles. The van der Waals surface area contributed by atoms with E-state index in [9.17, 15) is 5.11 Å². The quantitative estimate of drug-likeness (QED) is 0.585. The average Bonchev–Trinajstić information content (AvgIpc) is 2.95. The maximum atomic E-state index is 9.76. The molecule has 3 rings (SSSR count). The van der Waals surface area contributed by atoms with Gasteiger partial charge in [0, 0.05) is 11.6 Å². The number of hydrogen-bond donors (Lipinski definition) is 1. The van der Waals surface area contributed by atoms with Gasteiger partial charge in [-0.25, -0.2) is 0 Å². The highest BCUT2D eigenvalue weighted by atomic mass is 32.2. The van der Waals surface area contributed by atoms with E-state index in [4.69, 9.17) is 0 Å². The number of hydrogen-bond acceptors (Lipinski definition) is 8. The van der Waals surface area contributed by atoms with Crippen molar-refractivity contribution >= 4 is 44.8 Å². The molecule has 0 aliphatic rings. The van der Waals surface area contributed by atoms with Crippen LogP contribution in [0.15, 0.2) is 45.0 Å². The second-order valence-electron chi connectivity index (χ2n) is 3.76. The summed E-state index contributed by atoms with van der Waals surface area (Å²) in [7, 11) is 0. The number of fused-ring (bicyclic) bond motifs is 1. The summed E-state index contributed by atoms with van der Waals surface area (Å²) in [6, 6.07) is 6.87. The van der Waals surface area contributed by atoms with Crippen LogP contribution in [0.3, 0.4) is 0 Å². The van der Waals surface area contributed by atoms with Gasteiger partial charge in [-0.05, 0) is 30.5 Å². The Labute approximate surface area is 122 Å². The number of aromatic hydroxyl groups is 1. The maximum absolute atomic E-state index is 9.76. The molecule has 0 spiro atoms. The summed E-state index contributed by atoms with van der Waals surface area (Å²) in [5.41, 5.74) is 1.14. The first-order valence-corrected chi connectivity index (χ1v) is 7.68. The number of benzene rings is 1. The zero-order valence-electron chi connectivity index (χ0n) is 10.4. The van der Waals surface area contributed by atoms with Crippen LogP contribution >= 0.6 is 23.1 Å². The Morgan fingerprint density at radius 1 is 1.20 bits per heavy atom. The fraction of sp³-hybridized carbons (Fsp3) is 0.0833. The molecule has 2 heterocycles. The molecule has 0 bridgehead atoms. The van der Waals surface area contributed by atoms with Crippen molar-refractivity contribution in [1.29, 1.82) is 0 Å². The minimum atomic E-state index is 0.125. The number of azo groups is 1. The first kappa shape index (κ1) is 12.9. The van der Waals surface area contributed by atoms with E-state index in [1.165, 1.54) is 23.1 Å². The molecule has 1 N–H and O–H groups in total. The van der Waals surface area contributed by atoms with Crippen LogP contribution in [0.2, 0.25) is 0 Å². The zero-order chi connectivity index (χ0) is 13.9. The SMILES string of the molecule is CSc1nnc(N=Nc2ccc(O)c3ncccc23)s1. The molecule has 8 heteroatoms. The standard InChI is InChI=1S/C12H9N5OS2/c1-19-12-17-16-11(20-12)15-14-8-4-5-9(18)10-7(8)3-2-6-13-10/h2-6,18H,1H3. The Morgan fingerprint density at radius 3 is 2.90 bits per heavy atom. The smallest absolute Gasteiger partial charge is 0.252 e. The number of nitrogens with zero attached hydrogens (tertiary/aromatic N) is 5. The highest BCUT2D eigenvalue weighted by molar-refractivity contribution is 8.00. The molecular weight excluding hydrogens is 294 g/mol. The second-order valence-corrected chi connectivity index (χ2v) is 5.77. The summed E-state index contributed by atoms with van der Waals surface area (Å²) in [5.74, 6) is 0.125. The Hall–Kier alpha value is -2.06. The van der Waals surface area contributed by atoms with Crippen molar-refractivity contribution in [3.05, 3.63) is 30.5 Å². The molecule has 6 nitrogen and oxygen atoms in total. The van der Waals surface area contributed by atoms with Crippen LogP contribution in [-0.2, 0) is 0 Å². The third-order valence-electron chi connectivity index (χ3n) is 2.54. The van der Waals surface area contributed by atoms with E-state index >= 15 is 0 Å². The van der Waals surface area contributed by atoms with Crippen LogP contribution in [-0.4, -0.2) is 26.5 Å². The largest absolute Gasteiger partial charge is 0.506 e. The van der Waals surface area contributed by atoms with Gasteiger partial charge in [0.2, 0.25) is 0 Å². The van der Waals surface area contributed by atoms with Crippen LogP contribution in [0.5, 0.6) is 5.75 Å². The van der Waals surface area contributed by atoms with Gasteiger partial charge in [-0.3, -0.25) is 4.98 Å². The fourth-order valence-electron chi connectivity index (χ4n) is 1.65. The Morgan fingerprint density at radius 2 is 2.10 bits per heavy atom. The minimum Gasteiger partial charge on any atom is -0.506 e. The molecule has 0 atom stereocenters. The molecule has 0 fully saturated rings. The number of phenols is 1. The fourth-order valence-corrected chi connectivity index (χ4v) is 2.73. The predicted molar refractivity (Wildman–Crippen MR) is 79.3 cm³/mol. The first-order valence-electron chi connectivity index (χ1n) is 5.64. The van der Waals surface area contributed by atoms with Crippen molar-refractivity contribution in [3.8, 4) is 5.75 Å². The van der Waals surface area contributed by atoms with Gasteiger partial charge in [-0.15, -0.1) is 20.4 Å². The van der Waals surface area contributed by atoms with E-state index in [1.807, 2.05) is 12.3 Å². The van der Waals surface area contributed by atoms with Crippen LogP contribution in [0.1, 0.15) is 0 Å². The highest BCUT2D eigenvalue weighted by Gasteiger charge is 2.06. The van der Waals surface area contributed by atoms with Gasteiger partial charge >= 0.3 is 0 Å². The summed E-state index contributed by atoms with van der Waals surface area (Å²) < 4.78 is 0.844. The number of aromatic nitrogens is 3. The summed E-state index contributed by atoms with van der Waals surface area (Å²) in [4.78, 5) is 4.13. The van der Waals surface area contributed by atoms with Crippen molar-refractivity contribution in [1.82, 2.24) is 15.2 Å². The third kappa shape index (κ3) is 2.47. The average molecular weight is 303 g/mol. The molecule has 1 aromatic carbocycles. The Bertz CT molecular complexity index is 786. The summed E-state index contributed by atoms with van der Waals surface area (Å²) in [6.07, 6.45) is 3.55. The number of thioether (sulfide) groups is 1. The second kappa shape index (κ2) is 5.51. The lowest BCUT2D eigenvalue weighted by molar-refractivity contribution is 0.480. The van der Waals surface area contributed by atoms with Crippen LogP contribution in [0.25, 0.3) is 10.9 Å². The lowest BCUT2D eigenvalue weighted by Crippen LogP contribution is -1.79. The van der Waals surface area contributed by atoms with Crippen LogP contribution < -0.4 is 0 Å². The van der Waals surface area contributed by atoms with E-state index in [0.29, 0.717) is 16.3 Å². The lowest BCUT2D eigenvalue weighted by Gasteiger charge is -2.01. The third-order valence-corrected chi connectivity index (χ3v) is 4.32. The molecule has 100 valence electrons. The van der Waals surface area contributed by atoms with E-state index in [-0.39, 0.29) is 5.75 Å². The van der Waals surface area contributed by atoms with E-state index < -0.39 is 0 Å². The lowest BCUT2D eigenvalue weighted by atomic mass is 10.2.